The van der Waals surface area contributed by atoms with E-state index >= 15 is 0 Å². The van der Waals surface area contributed by atoms with Crippen molar-refractivity contribution < 1.29 is 0 Å². The molecule has 0 unspecified atom stereocenters. The molecule has 3 nitrogen and oxygen atoms in total. The van der Waals surface area contributed by atoms with Gasteiger partial charge in [-0.1, -0.05) is 147 Å². The van der Waals surface area contributed by atoms with Crippen molar-refractivity contribution in [1.82, 2.24) is 14.5 Å². The van der Waals surface area contributed by atoms with Gasteiger partial charge < -0.3 is 0 Å². The van der Waals surface area contributed by atoms with Crippen LogP contribution in [0, 0.1) is 0 Å². The Kier molecular flexibility index (Phi) is 5.85. The number of para-hydroxylation sites is 1. The van der Waals surface area contributed by atoms with Crippen molar-refractivity contribution in [2.45, 2.75) is 19.3 Å². The van der Waals surface area contributed by atoms with E-state index in [1.54, 1.807) is 0 Å². The summed E-state index contributed by atoms with van der Waals surface area (Å²) in [7, 11) is 0. The predicted octanol–water partition coefficient (Wildman–Crippen LogP) is 10.9. The van der Waals surface area contributed by atoms with Gasteiger partial charge in [0.1, 0.15) is 0 Å². The average molecular weight is 590 g/mol. The van der Waals surface area contributed by atoms with Gasteiger partial charge in [0.15, 0.2) is 0 Å². The fraction of sp³-hybridized carbons (Fsp3) is 0.0698. The zero-order chi connectivity index (χ0) is 30.8. The molecule has 0 radical (unpaired) electrons. The first-order valence-corrected chi connectivity index (χ1v) is 15.9. The standard InChI is InChI=1S/C43H31N3/c1-43(2)35-24-14-12-22-31(35)33-26-34-32-23-13-15-25-37(32)46(38(34)27-36(33)43)42-44-40(29-18-8-4-9-19-29)39(28-16-6-3-7-17-28)41(45-42)30-20-10-5-11-21-30/h3-27H,1-2H3. The van der Waals surface area contributed by atoms with E-state index in [1.807, 2.05) is 0 Å². The van der Waals surface area contributed by atoms with E-state index in [-0.39, 0.29) is 5.41 Å². The van der Waals surface area contributed by atoms with Gasteiger partial charge >= 0.3 is 0 Å². The minimum Gasteiger partial charge on any atom is -0.278 e. The van der Waals surface area contributed by atoms with Crippen LogP contribution in [0.2, 0.25) is 0 Å². The maximum atomic E-state index is 5.47. The van der Waals surface area contributed by atoms with E-state index in [0.717, 1.165) is 44.7 Å². The molecule has 2 aromatic heterocycles. The van der Waals surface area contributed by atoms with Gasteiger partial charge in [-0.2, -0.15) is 0 Å². The lowest BCUT2D eigenvalue weighted by atomic mass is 9.82. The van der Waals surface area contributed by atoms with Crippen LogP contribution in [0.4, 0.5) is 0 Å². The maximum Gasteiger partial charge on any atom is 0.235 e. The van der Waals surface area contributed by atoms with E-state index < -0.39 is 0 Å². The summed E-state index contributed by atoms with van der Waals surface area (Å²) in [5.74, 6) is 0.664. The van der Waals surface area contributed by atoms with Crippen LogP contribution in [0.3, 0.4) is 0 Å². The highest BCUT2D eigenvalue weighted by molar-refractivity contribution is 6.11. The smallest absolute Gasteiger partial charge is 0.235 e. The zero-order valence-electron chi connectivity index (χ0n) is 25.8. The molecule has 2 heterocycles. The van der Waals surface area contributed by atoms with Crippen molar-refractivity contribution in [3.05, 3.63) is 163 Å². The van der Waals surface area contributed by atoms with Crippen molar-refractivity contribution in [2.24, 2.45) is 0 Å². The van der Waals surface area contributed by atoms with Gasteiger partial charge in [-0.25, -0.2) is 9.97 Å². The van der Waals surface area contributed by atoms with E-state index in [9.17, 15) is 0 Å². The summed E-state index contributed by atoms with van der Waals surface area (Å²) in [6.07, 6.45) is 0. The highest BCUT2D eigenvalue weighted by Crippen LogP contribution is 2.51. The summed E-state index contributed by atoms with van der Waals surface area (Å²) in [6.45, 7) is 4.67. The second kappa shape index (κ2) is 10.1. The topological polar surface area (TPSA) is 30.7 Å². The predicted molar refractivity (Wildman–Crippen MR) is 190 cm³/mol. The normalized spacial score (nSPS) is 13.2. The second-order valence-corrected chi connectivity index (χ2v) is 12.6. The van der Waals surface area contributed by atoms with Crippen LogP contribution in [0.1, 0.15) is 25.0 Å². The van der Waals surface area contributed by atoms with E-state index in [2.05, 4.69) is 170 Å². The molecule has 46 heavy (non-hydrogen) atoms. The van der Waals surface area contributed by atoms with Crippen molar-refractivity contribution in [3.63, 3.8) is 0 Å². The Balaban J connectivity index is 1.41. The first kappa shape index (κ1) is 26.6. The fourth-order valence-electron chi connectivity index (χ4n) is 7.42. The van der Waals surface area contributed by atoms with Gasteiger partial charge in [-0.15, -0.1) is 0 Å². The molecule has 3 heteroatoms. The van der Waals surface area contributed by atoms with Crippen LogP contribution in [0.25, 0.3) is 72.5 Å². The van der Waals surface area contributed by atoms with Crippen molar-refractivity contribution in [1.29, 1.82) is 0 Å². The third-order valence-corrected chi connectivity index (χ3v) is 9.63. The maximum absolute atomic E-state index is 5.47. The van der Waals surface area contributed by atoms with Gasteiger partial charge in [0.25, 0.3) is 0 Å². The number of nitrogens with zero attached hydrogens (tertiary/aromatic N) is 3. The van der Waals surface area contributed by atoms with Crippen LogP contribution in [0.15, 0.2) is 152 Å². The molecule has 8 aromatic rings. The van der Waals surface area contributed by atoms with Crippen molar-refractivity contribution in [2.75, 3.05) is 0 Å². The minimum atomic E-state index is -0.121. The van der Waals surface area contributed by atoms with Crippen LogP contribution >= 0.6 is 0 Å². The number of fused-ring (bicyclic) bond motifs is 6. The average Bonchev–Trinajstić information content (AvgIpc) is 3.56. The number of hydrogen-bond acceptors (Lipinski definition) is 2. The van der Waals surface area contributed by atoms with E-state index in [0.29, 0.717) is 5.95 Å². The Morgan fingerprint density at radius 3 is 1.65 bits per heavy atom. The second-order valence-electron chi connectivity index (χ2n) is 12.6. The quantitative estimate of drug-likeness (QED) is 0.204. The lowest BCUT2D eigenvalue weighted by Crippen LogP contribution is -2.15. The molecule has 1 aliphatic carbocycles. The van der Waals surface area contributed by atoms with Gasteiger partial charge in [0, 0.05) is 32.9 Å². The lowest BCUT2D eigenvalue weighted by Gasteiger charge is -2.22. The molecule has 218 valence electrons. The summed E-state index contributed by atoms with van der Waals surface area (Å²) >= 11 is 0. The number of aromatic nitrogens is 3. The van der Waals surface area contributed by atoms with Gasteiger partial charge in [0.2, 0.25) is 5.95 Å². The fourth-order valence-corrected chi connectivity index (χ4v) is 7.42. The Labute approximate surface area is 268 Å². The molecule has 1 aliphatic rings. The first-order chi connectivity index (χ1) is 22.6. The molecular weight excluding hydrogens is 558 g/mol. The summed E-state index contributed by atoms with van der Waals surface area (Å²) in [6, 6.07) is 53.8. The summed E-state index contributed by atoms with van der Waals surface area (Å²) in [5, 5.41) is 2.40. The highest BCUT2D eigenvalue weighted by Gasteiger charge is 2.36. The molecule has 0 amide bonds. The number of benzene rings is 6. The molecule has 0 saturated carbocycles. The molecule has 9 rings (SSSR count). The third-order valence-electron chi connectivity index (χ3n) is 9.63. The SMILES string of the molecule is CC1(C)c2ccccc2-c2cc3c4ccccc4n(-c4nc(-c5ccccc5)c(-c5ccccc5)c(-c5ccccc5)n4)c3cc21. The lowest BCUT2D eigenvalue weighted by molar-refractivity contribution is 0.661. The summed E-state index contributed by atoms with van der Waals surface area (Å²) in [4.78, 5) is 10.9. The first-order valence-electron chi connectivity index (χ1n) is 15.9. The Hall–Kier alpha value is -5.80. The van der Waals surface area contributed by atoms with Crippen molar-refractivity contribution in [3.8, 4) is 50.7 Å². The summed E-state index contributed by atoms with van der Waals surface area (Å²) in [5.41, 5.74) is 13.5. The molecule has 0 spiro atoms. The van der Waals surface area contributed by atoms with Crippen LogP contribution in [-0.4, -0.2) is 14.5 Å². The van der Waals surface area contributed by atoms with E-state index in [1.165, 1.54) is 33.0 Å². The molecular formula is C43H31N3. The summed E-state index contributed by atoms with van der Waals surface area (Å²) < 4.78 is 2.28. The van der Waals surface area contributed by atoms with Gasteiger partial charge in [-0.3, -0.25) is 4.57 Å². The van der Waals surface area contributed by atoms with Gasteiger partial charge in [0.05, 0.1) is 22.4 Å². The Morgan fingerprint density at radius 1 is 0.457 bits per heavy atom. The largest absolute Gasteiger partial charge is 0.278 e. The minimum absolute atomic E-state index is 0.121. The third kappa shape index (κ3) is 3.92. The molecule has 0 saturated heterocycles. The molecule has 0 bridgehead atoms. The monoisotopic (exact) mass is 589 g/mol. The number of rotatable bonds is 4. The molecule has 6 aromatic carbocycles. The van der Waals surface area contributed by atoms with Crippen LogP contribution in [-0.2, 0) is 5.41 Å². The molecule has 0 N–H and O–H groups in total. The highest BCUT2D eigenvalue weighted by atomic mass is 15.2. The van der Waals surface area contributed by atoms with Crippen molar-refractivity contribution >= 4 is 21.8 Å². The molecule has 0 fully saturated rings. The van der Waals surface area contributed by atoms with Crippen LogP contribution < -0.4 is 0 Å². The molecule has 0 aliphatic heterocycles. The number of hydrogen-bond donors (Lipinski definition) is 0. The van der Waals surface area contributed by atoms with E-state index in [4.69, 9.17) is 9.97 Å². The zero-order valence-corrected chi connectivity index (χ0v) is 25.8. The van der Waals surface area contributed by atoms with Gasteiger partial charge in [-0.05, 0) is 46.0 Å². The molecule has 0 atom stereocenters. The Morgan fingerprint density at radius 2 is 1.00 bits per heavy atom. The van der Waals surface area contributed by atoms with Crippen LogP contribution in [0.5, 0.6) is 0 Å². The Bertz CT molecular complexity index is 2360.